The van der Waals surface area contributed by atoms with E-state index in [0.717, 1.165) is 0 Å². The molecule has 112 valence electrons. The number of hydrogen-bond acceptors (Lipinski definition) is 0. The Kier molecular flexibility index (Phi) is 2.89. The van der Waals surface area contributed by atoms with Gasteiger partial charge in [-0.25, -0.2) is 0 Å². The maximum absolute atomic E-state index is 2.33. The average molecular weight is 304 g/mol. The van der Waals surface area contributed by atoms with Crippen molar-refractivity contribution in [3.63, 3.8) is 0 Å². The fourth-order valence-electron chi connectivity index (χ4n) is 3.65. The molecule has 0 radical (unpaired) electrons. The van der Waals surface area contributed by atoms with Crippen molar-refractivity contribution in [1.29, 1.82) is 0 Å². The smallest absolute Gasteiger partial charge is 0.00986 e. The van der Waals surface area contributed by atoms with E-state index in [2.05, 4.69) is 97.1 Å². The predicted molar refractivity (Wildman–Crippen MR) is 104 cm³/mol. The molecule has 0 saturated heterocycles. The van der Waals surface area contributed by atoms with Crippen LogP contribution >= 0.6 is 0 Å². The lowest BCUT2D eigenvalue weighted by Crippen LogP contribution is -1.85. The van der Waals surface area contributed by atoms with E-state index >= 15 is 0 Å². The fraction of sp³-hybridized carbons (Fsp3) is 0. The zero-order valence-corrected chi connectivity index (χ0v) is 13.2. The summed E-state index contributed by atoms with van der Waals surface area (Å²) < 4.78 is 0. The van der Waals surface area contributed by atoms with Crippen LogP contribution in [0.5, 0.6) is 0 Å². The molecule has 0 fully saturated rings. The highest BCUT2D eigenvalue weighted by Gasteiger charge is 2.09. The third kappa shape index (κ3) is 2.00. The monoisotopic (exact) mass is 304 g/mol. The Balaban J connectivity index is 1.97. The molecule has 0 amide bonds. The maximum Gasteiger partial charge on any atom is -0.00986 e. The quantitative estimate of drug-likeness (QED) is 0.235. The molecule has 0 spiro atoms. The van der Waals surface area contributed by atoms with Crippen LogP contribution < -0.4 is 0 Å². The SMILES string of the molecule is c1ccc(-c2cc3cc4ccccc4cc3c3ccccc23)cc1. The van der Waals surface area contributed by atoms with E-state index in [0.29, 0.717) is 0 Å². The summed E-state index contributed by atoms with van der Waals surface area (Å²) in [5.41, 5.74) is 2.57. The molecular weight excluding hydrogens is 288 g/mol. The maximum atomic E-state index is 2.33. The Bertz CT molecular complexity index is 1180. The Labute approximate surface area is 141 Å². The lowest BCUT2D eigenvalue weighted by molar-refractivity contribution is 1.67. The van der Waals surface area contributed by atoms with E-state index in [-0.39, 0.29) is 0 Å². The van der Waals surface area contributed by atoms with Crippen molar-refractivity contribution in [2.75, 3.05) is 0 Å². The highest BCUT2D eigenvalue weighted by molar-refractivity contribution is 6.16. The van der Waals surface area contributed by atoms with E-state index in [1.165, 1.54) is 43.4 Å². The predicted octanol–water partition coefficient (Wildman–Crippen LogP) is 6.81. The first-order valence-electron chi connectivity index (χ1n) is 8.30. The molecule has 24 heavy (non-hydrogen) atoms. The summed E-state index contributed by atoms with van der Waals surface area (Å²) in [6.45, 7) is 0. The van der Waals surface area contributed by atoms with Crippen LogP contribution in [-0.4, -0.2) is 0 Å². The van der Waals surface area contributed by atoms with Gasteiger partial charge in [-0.2, -0.15) is 0 Å². The van der Waals surface area contributed by atoms with Crippen LogP contribution in [0.15, 0.2) is 97.1 Å². The number of hydrogen-bond donors (Lipinski definition) is 0. The van der Waals surface area contributed by atoms with Crippen LogP contribution in [0.2, 0.25) is 0 Å². The van der Waals surface area contributed by atoms with Gasteiger partial charge in [-0.05, 0) is 61.6 Å². The van der Waals surface area contributed by atoms with Crippen molar-refractivity contribution < 1.29 is 0 Å². The molecular formula is C24H16. The van der Waals surface area contributed by atoms with E-state index in [4.69, 9.17) is 0 Å². The lowest BCUT2D eigenvalue weighted by Gasteiger charge is -2.12. The minimum absolute atomic E-state index is 1.27. The molecule has 0 heteroatoms. The number of fused-ring (bicyclic) bond motifs is 4. The van der Waals surface area contributed by atoms with Crippen molar-refractivity contribution in [3.05, 3.63) is 97.1 Å². The second kappa shape index (κ2) is 5.21. The molecule has 0 bridgehead atoms. The van der Waals surface area contributed by atoms with Gasteiger partial charge in [0.15, 0.2) is 0 Å². The Hall–Kier alpha value is -3.12. The first kappa shape index (κ1) is 13.3. The minimum Gasteiger partial charge on any atom is -0.0622 e. The summed E-state index contributed by atoms with van der Waals surface area (Å²) in [6.07, 6.45) is 0. The van der Waals surface area contributed by atoms with Gasteiger partial charge in [0.25, 0.3) is 0 Å². The Morgan fingerprint density at radius 1 is 0.375 bits per heavy atom. The normalized spacial score (nSPS) is 11.3. The highest BCUT2D eigenvalue weighted by atomic mass is 14.1. The molecule has 0 nitrogen and oxygen atoms in total. The second-order valence-corrected chi connectivity index (χ2v) is 6.26. The van der Waals surface area contributed by atoms with Crippen molar-refractivity contribution in [2.45, 2.75) is 0 Å². The molecule has 0 unspecified atom stereocenters. The molecule has 5 aromatic carbocycles. The highest BCUT2D eigenvalue weighted by Crippen LogP contribution is 2.36. The molecule has 0 saturated carbocycles. The minimum atomic E-state index is 1.27. The molecule has 0 aliphatic carbocycles. The van der Waals surface area contributed by atoms with Gasteiger partial charge in [0.2, 0.25) is 0 Å². The largest absolute Gasteiger partial charge is 0.0622 e. The van der Waals surface area contributed by atoms with Gasteiger partial charge in [-0.3, -0.25) is 0 Å². The number of benzene rings is 5. The molecule has 5 aromatic rings. The molecule has 0 aliphatic heterocycles. The van der Waals surface area contributed by atoms with E-state index in [1.807, 2.05) is 0 Å². The summed E-state index contributed by atoms with van der Waals surface area (Å²) in [5, 5.41) is 7.84. The van der Waals surface area contributed by atoms with Gasteiger partial charge in [0.1, 0.15) is 0 Å². The Morgan fingerprint density at radius 2 is 1.00 bits per heavy atom. The average Bonchev–Trinajstić information content (AvgIpc) is 2.66. The first-order valence-corrected chi connectivity index (χ1v) is 8.30. The van der Waals surface area contributed by atoms with Crippen LogP contribution in [0.4, 0.5) is 0 Å². The standard InChI is InChI=1S/C24H16/c1-2-8-17(9-3-1)23-16-20-14-18-10-4-5-11-19(18)15-24(20)22-13-7-6-12-21(22)23/h1-16H. The molecule has 0 aromatic heterocycles. The first-order chi connectivity index (χ1) is 11.9. The van der Waals surface area contributed by atoms with E-state index < -0.39 is 0 Å². The summed E-state index contributed by atoms with van der Waals surface area (Å²) >= 11 is 0. The number of rotatable bonds is 1. The van der Waals surface area contributed by atoms with Crippen LogP contribution in [0.1, 0.15) is 0 Å². The second-order valence-electron chi connectivity index (χ2n) is 6.26. The molecule has 0 atom stereocenters. The zero-order chi connectivity index (χ0) is 15.9. The van der Waals surface area contributed by atoms with Crippen molar-refractivity contribution in [2.24, 2.45) is 0 Å². The van der Waals surface area contributed by atoms with Gasteiger partial charge < -0.3 is 0 Å². The van der Waals surface area contributed by atoms with Crippen LogP contribution in [0.3, 0.4) is 0 Å². The summed E-state index contributed by atoms with van der Waals surface area (Å²) in [4.78, 5) is 0. The molecule has 0 heterocycles. The topological polar surface area (TPSA) is 0 Å². The van der Waals surface area contributed by atoms with Crippen molar-refractivity contribution in [3.8, 4) is 11.1 Å². The Morgan fingerprint density at radius 3 is 1.79 bits per heavy atom. The van der Waals surface area contributed by atoms with Crippen LogP contribution in [-0.2, 0) is 0 Å². The third-order valence-corrected chi connectivity index (χ3v) is 4.81. The van der Waals surface area contributed by atoms with Gasteiger partial charge in [-0.15, -0.1) is 0 Å². The van der Waals surface area contributed by atoms with Gasteiger partial charge >= 0.3 is 0 Å². The van der Waals surface area contributed by atoms with Crippen molar-refractivity contribution in [1.82, 2.24) is 0 Å². The summed E-state index contributed by atoms with van der Waals surface area (Å²) in [7, 11) is 0. The van der Waals surface area contributed by atoms with Crippen LogP contribution in [0.25, 0.3) is 43.4 Å². The van der Waals surface area contributed by atoms with Gasteiger partial charge in [-0.1, -0.05) is 78.9 Å². The summed E-state index contributed by atoms with van der Waals surface area (Å²) in [6, 6.07) is 34.9. The van der Waals surface area contributed by atoms with E-state index in [1.54, 1.807) is 0 Å². The van der Waals surface area contributed by atoms with E-state index in [9.17, 15) is 0 Å². The molecule has 0 N–H and O–H groups in total. The lowest BCUT2D eigenvalue weighted by atomic mass is 9.92. The fourth-order valence-corrected chi connectivity index (χ4v) is 3.65. The van der Waals surface area contributed by atoms with Crippen molar-refractivity contribution >= 4 is 32.3 Å². The molecule has 5 rings (SSSR count). The van der Waals surface area contributed by atoms with Gasteiger partial charge in [0.05, 0.1) is 0 Å². The zero-order valence-electron chi connectivity index (χ0n) is 13.2. The third-order valence-electron chi connectivity index (χ3n) is 4.81. The molecule has 0 aliphatic rings. The van der Waals surface area contributed by atoms with Crippen LogP contribution in [0, 0.1) is 0 Å². The van der Waals surface area contributed by atoms with Gasteiger partial charge in [0, 0.05) is 0 Å². The summed E-state index contributed by atoms with van der Waals surface area (Å²) in [5.74, 6) is 0.